The minimum atomic E-state index is -0.397. The first-order valence-electron chi connectivity index (χ1n) is 11.6. The third-order valence-electron chi connectivity index (χ3n) is 6.66. The van der Waals surface area contributed by atoms with E-state index >= 15 is 0 Å². The largest absolute Gasteiger partial charge is 0.490 e. The average Bonchev–Trinajstić information content (AvgIpc) is 3.58. The minimum Gasteiger partial charge on any atom is -0.490 e. The topological polar surface area (TPSA) is 93.9 Å². The molecule has 1 N–H and O–H groups in total. The van der Waals surface area contributed by atoms with Crippen molar-refractivity contribution in [2.45, 2.75) is 25.6 Å². The Morgan fingerprint density at radius 1 is 1.06 bits per heavy atom. The smallest absolute Gasteiger partial charge is 0.410 e. The number of aromatic nitrogens is 1. The van der Waals surface area contributed by atoms with Crippen LogP contribution in [0, 0.1) is 17.7 Å². The SMILES string of the molecule is CNC(=O)c1cc(COC(=O)N2C[C@H]3C[C@@H](Oc4ccc(-c5ccc(F)cc5)cc4)C[C@H]3C2)on1. The lowest BCUT2D eigenvalue weighted by Gasteiger charge is -2.19. The van der Waals surface area contributed by atoms with E-state index in [0.29, 0.717) is 30.7 Å². The molecule has 0 bridgehead atoms. The lowest BCUT2D eigenvalue weighted by molar-refractivity contribution is 0.0896. The molecule has 1 saturated carbocycles. The van der Waals surface area contributed by atoms with Crippen molar-refractivity contribution < 1.29 is 28.0 Å². The summed E-state index contributed by atoms with van der Waals surface area (Å²) < 4.78 is 29.7. The zero-order valence-electron chi connectivity index (χ0n) is 19.3. The third kappa shape index (κ3) is 5.13. The molecule has 3 aromatic rings. The molecule has 3 atom stereocenters. The summed E-state index contributed by atoms with van der Waals surface area (Å²) in [5.74, 6) is 1.25. The molecule has 2 fully saturated rings. The quantitative estimate of drug-likeness (QED) is 0.568. The Morgan fingerprint density at radius 2 is 1.69 bits per heavy atom. The summed E-state index contributed by atoms with van der Waals surface area (Å²) in [7, 11) is 1.50. The molecule has 9 heteroatoms. The van der Waals surface area contributed by atoms with Crippen molar-refractivity contribution in [3.8, 4) is 16.9 Å². The molecule has 0 radical (unpaired) electrons. The molecule has 35 heavy (non-hydrogen) atoms. The van der Waals surface area contributed by atoms with Crippen LogP contribution in [0.15, 0.2) is 59.1 Å². The van der Waals surface area contributed by atoms with Crippen LogP contribution in [0.1, 0.15) is 29.1 Å². The lowest BCUT2D eigenvalue weighted by Crippen LogP contribution is -2.31. The first-order chi connectivity index (χ1) is 17.0. The van der Waals surface area contributed by atoms with Crippen LogP contribution in [0.3, 0.4) is 0 Å². The second kappa shape index (κ2) is 9.77. The maximum absolute atomic E-state index is 13.1. The van der Waals surface area contributed by atoms with Crippen molar-refractivity contribution in [3.05, 3.63) is 71.9 Å². The van der Waals surface area contributed by atoms with Crippen LogP contribution in [0.4, 0.5) is 9.18 Å². The summed E-state index contributed by atoms with van der Waals surface area (Å²) >= 11 is 0. The number of nitrogens with zero attached hydrogens (tertiary/aromatic N) is 2. The van der Waals surface area contributed by atoms with E-state index in [2.05, 4.69) is 10.5 Å². The summed E-state index contributed by atoms with van der Waals surface area (Å²) in [6.45, 7) is 1.19. The van der Waals surface area contributed by atoms with Crippen LogP contribution in [0.25, 0.3) is 11.1 Å². The highest BCUT2D eigenvalue weighted by atomic mass is 19.1. The Hall–Kier alpha value is -3.88. The number of fused-ring (bicyclic) bond motifs is 1. The van der Waals surface area contributed by atoms with Crippen molar-refractivity contribution >= 4 is 12.0 Å². The highest BCUT2D eigenvalue weighted by Gasteiger charge is 2.43. The van der Waals surface area contributed by atoms with Gasteiger partial charge in [0, 0.05) is 26.2 Å². The number of halogens is 1. The first kappa shape index (κ1) is 22.9. The van der Waals surface area contributed by atoms with E-state index in [9.17, 15) is 14.0 Å². The summed E-state index contributed by atoms with van der Waals surface area (Å²) in [5.41, 5.74) is 2.10. The van der Waals surface area contributed by atoms with Crippen LogP contribution in [-0.2, 0) is 11.3 Å². The van der Waals surface area contributed by atoms with Crippen molar-refractivity contribution in [1.82, 2.24) is 15.4 Å². The predicted molar refractivity (Wildman–Crippen MR) is 124 cm³/mol. The summed E-state index contributed by atoms with van der Waals surface area (Å²) in [4.78, 5) is 25.8. The van der Waals surface area contributed by atoms with E-state index in [4.69, 9.17) is 14.0 Å². The monoisotopic (exact) mass is 479 g/mol. The molecule has 2 aromatic carbocycles. The van der Waals surface area contributed by atoms with E-state index in [1.54, 1.807) is 17.0 Å². The van der Waals surface area contributed by atoms with E-state index in [1.165, 1.54) is 25.2 Å². The maximum atomic E-state index is 13.1. The lowest BCUT2D eigenvalue weighted by atomic mass is 10.0. The number of ether oxygens (including phenoxy) is 2. The molecule has 1 saturated heterocycles. The van der Waals surface area contributed by atoms with Crippen molar-refractivity contribution in [1.29, 1.82) is 0 Å². The fraction of sp³-hybridized carbons (Fsp3) is 0.346. The number of benzene rings is 2. The molecular formula is C26H26FN3O5. The van der Waals surface area contributed by atoms with E-state index in [-0.39, 0.29) is 30.1 Å². The summed E-state index contributed by atoms with van der Waals surface area (Å²) in [6, 6.07) is 15.7. The molecule has 0 unspecified atom stereocenters. The van der Waals surface area contributed by atoms with E-state index in [0.717, 1.165) is 29.7 Å². The van der Waals surface area contributed by atoms with Crippen molar-refractivity contribution in [2.24, 2.45) is 11.8 Å². The molecule has 0 spiro atoms. The number of carbonyl (C=O) groups excluding carboxylic acids is 2. The molecule has 2 amide bonds. The van der Waals surface area contributed by atoms with Crippen molar-refractivity contribution in [2.75, 3.05) is 20.1 Å². The zero-order valence-corrected chi connectivity index (χ0v) is 19.3. The maximum Gasteiger partial charge on any atom is 0.410 e. The summed E-state index contributed by atoms with van der Waals surface area (Å²) in [6.07, 6.45) is 1.47. The fourth-order valence-electron chi connectivity index (χ4n) is 4.89. The first-order valence-corrected chi connectivity index (χ1v) is 11.6. The molecule has 1 aliphatic carbocycles. The second-order valence-corrected chi connectivity index (χ2v) is 8.98. The highest BCUT2D eigenvalue weighted by molar-refractivity contribution is 5.91. The van der Waals surface area contributed by atoms with Gasteiger partial charge in [-0.3, -0.25) is 4.79 Å². The van der Waals surface area contributed by atoms with Gasteiger partial charge in [0.25, 0.3) is 5.91 Å². The molecule has 1 aliphatic heterocycles. The standard InChI is InChI=1S/C26H26FN3O5/c1-28-25(31)24-12-23(35-29-24)15-33-26(32)30-13-18-10-22(11-19(18)14-30)34-21-8-4-17(5-9-21)16-2-6-20(27)7-3-16/h2-9,12,18-19,22H,10-11,13-15H2,1H3,(H,28,31)/t18-,19+,22-. The normalized spacial score (nSPS) is 21.0. The molecule has 182 valence electrons. The number of rotatable bonds is 6. The number of carbonyl (C=O) groups is 2. The van der Waals surface area contributed by atoms with Crippen LogP contribution in [0.5, 0.6) is 5.75 Å². The Kier molecular flexibility index (Phi) is 6.39. The van der Waals surface area contributed by atoms with Gasteiger partial charge in [0.15, 0.2) is 18.1 Å². The zero-order chi connectivity index (χ0) is 24.4. The number of hydrogen-bond acceptors (Lipinski definition) is 6. The fourth-order valence-corrected chi connectivity index (χ4v) is 4.89. The molecule has 8 nitrogen and oxygen atoms in total. The van der Waals surface area contributed by atoms with Gasteiger partial charge in [0.2, 0.25) is 0 Å². The number of hydrogen-bond donors (Lipinski definition) is 1. The van der Waals surface area contributed by atoms with E-state index in [1.807, 2.05) is 24.3 Å². The van der Waals surface area contributed by atoms with Gasteiger partial charge in [0.05, 0.1) is 6.10 Å². The van der Waals surface area contributed by atoms with Gasteiger partial charge < -0.3 is 24.2 Å². The number of likely N-dealkylation sites (tertiary alicyclic amines) is 1. The second-order valence-electron chi connectivity index (χ2n) is 8.98. The summed E-state index contributed by atoms with van der Waals surface area (Å²) in [5, 5.41) is 6.11. The molecule has 1 aromatic heterocycles. The van der Waals surface area contributed by atoms with Crippen LogP contribution in [0.2, 0.25) is 0 Å². The third-order valence-corrected chi connectivity index (χ3v) is 6.66. The Balaban J connectivity index is 1.08. The predicted octanol–water partition coefficient (Wildman–Crippen LogP) is 4.27. The molecular weight excluding hydrogens is 453 g/mol. The highest BCUT2D eigenvalue weighted by Crippen LogP contribution is 2.40. The van der Waals surface area contributed by atoms with Crippen LogP contribution >= 0.6 is 0 Å². The van der Waals surface area contributed by atoms with E-state index < -0.39 is 6.09 Å². The van der Waals surface area contributed by atoms with Gasteiger partial charge in [-0.15, -0.1) is 0 Å². The van der Waals surface area contributed by atoms with Crippen molar-refractivity contribution in [3.63, 3.8) is 0 Å². The van der Waals surface area contributed by atoms with Crippen LogP contribution < -0.4 is 10.1 Å². The van der Waals surface area contributed by atoms with Gasteiger partial charge in [-0.1, -0.05) is 29.4 Å². The minimum absolute atomic E-state index is 0.0751. The average molecular weight is 480 g/mol. The van der Waals surface area contributed by atoms with Gasteiger partial charge >= 0.3 is 6.09 Å². The Morgan fingerprint density at radius 3 is 2.31 bits per heavy atom. The Labute approximate surface area is 202 Å². The molecule has 5 rings (SSSR count). The van der Waals surface area contributed by atoms with Gasteiger partial charge in [-0.25, -0.2) is 9.18 Å². The van der Waals surface area contributed by atoms with Gasteiger partial charge in [-0.05, 0) is 60.1 Å². The number of nitrogens with one attached hydrogen (secondary N) is 1. The molecule has 2 heterocycles. The molecule has 2 aliphatic rings. The van der Waals surface area contributed by atoms with Gasteiger partial charge in [0.1, 0.15) is 11.6 Å². The van der Waals surface area contributed by atoms with Gasteiger partial charge in [-0.2, -0.15) is 0 Å². The number of amides is 2. The van der Waals surface area contributed by atoms with Crippen LogP contribution in [-0.4, -0.2) is 48.3 Å². The Bertz CT molecular complexity index is 1180.